The fourth-order valence-electron chi connectivity index (χ4n) is 2.06. The molecule has 0 saturated heterocycles. The van der Waals surface area contributed by atoms with Gasteiger partial charge in [-0.05, 0) is 13.0 Å². The van der Waals surface area contributed by atoms with E-state index in [0.717, 1.165) is 19.6 Å². The van der Waals surface area contributed by atoms with Crippen LogP contribution < -0.4 is 10.6 Å². The Morgan fingerprint density at radius 3 is 2.64 bits per heavy atom. The monoisotopic (exact) mass is 315 g/mol. The number of benzene rings is 1. The number of urea groups is 1. The predicted octanol–water partition coefficient (Wildman–Crippen LogP) is 3.26. The van der Waals surface area contributed by atoms with Crippen LogP contribution in [0.25, 0.3) is 10.9 Å². The molecule has 0 aliphatic rings. The number of methoxy groups -OCH3 is 1. The van der Waals surface area contributed by atoms with Gasteiger partial charge in [-0.1, -0.05) is 18.2 Å². The average molecular weight is 315 g/mol. The van der Waals surface area contributed by atoms with Crippen LogP contribution in [0.5, 0.6) is 0 Å². The number of para-hydroxylation sites is 1. The molecule has 0 fully saturated rings. The van der Waals surface area contributed by atoms with Crippen molar-refractivity contribution >= 4 is 22.6 Å². The Balaban J connectivity index is 2.15. The number of halogens is 3. The van der Waals surface area contributed by atoms with Crippen molar-refractivity contribution in [1.82, 2.24) is 10.3 Å². The Hall–Kier alpha value is -2.22. The summed E-state index contributed by atoms with van der Waals surface area (Å²) in [5.41, 5.74) is -1.30. The van der Waals surface area contributed by atoms with E-state index in [1.165, 1.54) is 6.20 Å². The van der Waals surface area contributed by atoms with Gasteiger partial charge in [0, 0.05) is 24.2 Å². The van der Waals surface area contributed by atoms with Gasteiger partial charge in [0.1, 0.15) is 0 Å². The molecule has 1 unspecified atom stereocenters. The van der Waals surface area contributed by atoms with Gasteiger partial charge in [-0.25, -0.2) is 4.79 Å². The Bertz CT molecular complexity index is 669. The van der Waals surface area contributed by atoms with Gasteiger partial charge in [0.15, 0.2) is 5.54 Å². The summed E-state index contributed by atoms with van der Waals surface area (Å²) in [5, 5.41) is 5.04. The number of aromatic amines is 1. The number of carbonyl (C=O) groups excluding carboxylic acids is 1. The summed E-state index contributed by atoms with van der Waals surface area (Å²) in [6.07, 6.45) is -3.12. The molecule has 0 radical (unpaired) electrons. The van der Waals surface area contributed by atoms with E-state index in [-0.39, 0.29) is 0 Å². The maximum Gasteiger partial charge on any atom is 0.413 e. The third-order valence-electron chi connectivity index (χ3n) is 3.29. The van der Waals surface area contributed by atoms with Crippen LogP contribution in [-0.2, 0) is 4.74 Å². The van der Waals surface area contributed by atoms with Gasteiger partial charge in [0.05, 0.1) is 12.3 Å². The van der Waals surface area contributed by atoms with E-state index in [9.17, 15) is 18.0 Å². The summed E-state index contributed by atoms with van der Waals surface area (Å²) in [6, 6.07) is 6.16. The van der Waals surface area contributed by atoms with Crippen molar-refractivity contribution in [2.24, 2.45) is 0 Å². The number of nitrogens with one attached hydrogen (secondary N) is 3. The number of aromatic nitrogens is 1. The highest BCUT2D eigenvalue weighted by atomic mass is 19.4. The lowest BCUT2D eigenvalue weighted by Gasteiger charge is -2.32. The minimum absolute atomic E-state index is 0.398. The molecule has 0 saturated carbocycles. The molecule has 22 heavy (non-hydrogen) atoms. The van der Waals surface area contributed by atoms with Gasteiger partial charge < -0.3 is 20.4 Å². The third kappa shape index (κ3) is 3.16. The van der Waals surface area contributed by atoms with Crippen LogP contribution in [0.1, 0.15) is 6.92 Å². The Kier molecular flexibility index (Phi) is 4.32. The van der Waals surface area contributed by atoms with Gasteiger partial charge in [-0.3, -0.25) is 0 Å². The van der Waals surface area contributed by atoms with E-state index in [1.54, 1.807) is 18.2 Å². The molecule has 0 spiro atoms. The van der Waals surface area contributed by atoms with Gasteiger partial charge in [-0.2, -0.15) is 13.2 Å². The average Bonchev–Trinajstić information content (AvgIpc) is 2.81. The standard InChI is InChI=1S/C14H16F3N3O2/c1-13(8-22-2,14(15,16)17)20-12(21)19-11-7-18-10-6-4-3-5-9(10)11/h3-7,18H,8H2,1-2H3,(H2,19,20,21). The SMILES string of the molecule is COCC(C)(NC(=O)Nc1c[nH]c2ccccc12)C(F)(F)F. The minimum Gasteiger partial charge on any atom is -0.382 e. The summed E-state index contributed by atoms with van der Waals surface area (Å²) in [6.45, 7) is 0.184. The molecule has 2 rings (SSSR count). The number of anilines is 1. The topological polar surface area (TPSA) is 66.2 Å². The molecule has 1 aromatic heterocycles. The van der Waals surface area contributed by atoms with Gasteiger partial charge in [0.25, 0.3) is 0 Å². The molecule has 120 valence electrons. The zero-order valence-corrected chi connectivity index (χ0v) is 12.0. The van der Waals surface area contributed by atoms with E-state index in [4.69, 9.17) is 0 Å². The second kappa shape index (κ2) is 5.88. The molecule has 1 atom stereocenters. The first-order valence-corrected chi connectivity index (χ1v) is 6.48. The molecule has 0 bridgehead atoms. The highest BCUT2D eigenvalue weighted by molar-refractivity contribution is 6.01. The molecule has 1 heterocycles. The van der Waals surface area contributed by atoms with Crippen molar-refractivity contribution in [2.75, 3.05) is 19.0 Å². The Labute approximate surface area is 124 Å². The highest BCUT2D eigenvalue weighted by Crippen LogP contribution is 2.30. The van der Waals surface area contributed by atoms with Crippen LogP contribution >= 0.6 is 0 Å². The first-order chi connectivity index (χ1) is 10.3. The van der Waals surface area contributed by atoms with Crippen LogP contribution in [0.3, 0.4) is 0 Å². The maximum absolute atomic E-state index is 13.1. The molecule has 2 amide bonds. The van der Waals surface area contributed by atoms with Gasteiger partial charge in [0.2, 0.25) is 0 Å². The Morgan fingerprint density at radius 1 is 1.32 bits per heavy atom. The van der Waals surface area contributed by atoms with Crippen molar-refractivity contribution in [1.29, 1.82) is 0 Å². The number of amides is 2. The second-order valence-electron chi connectivity index (χ2n) is 5.09. The highest BCUT2D eigenvalue weighted by Gasteiger charge is 2.52. The maximum atomic E-state index is 13.1. The van der Waals surface area contributed by atoms with E-state index in [1.807, 2.05) is 11.4 Å². The van der Waals surface area contributed by atoms with Crippen molar-refractivity contribution in [3.05, 3.63) is 30.5 Å². The van der Waals surface area contributed by atoms with E-state index >= 15 is 0 Å². The van der Waals surface area contributed by atoms with Crippen LogP contribution in [0.2, 0.25) is 0 Å². The molecule has 5 nitrogen and oxygen atoms in total. The largest absolute Gasteiger partial charge is 0.413 e. The van der Waals surface area contributed by atoms with Crippen molar-refractivity contribution < 1.29 is 22.7 Å². The lowest BCUT2D eigenvalue weighted by Crippen LogP contribution is -2.60. The van der Waals surface area contributed by atoms with Gasteiger partial charge >= 0.3 is 12.2 Å². The van der Waals surface area contributed by atoms with Crippen LogP contribution in [0.15, 0.2) is 30.5 Å². The molecular weight excluding hydrogens is 299 g/mol. The smallest absolute Gasteiger partial charge is 0.382 e. The zero-order valence-electron chi connectivity index (χ0n) is 12.0. The van der Waals surface area contributed by atoms with Crippen LogP contribution in [-0.4, -0.2) is 36.4 Å². The summed E-state index contributed by atoms with van der Waals surface area (Å²) in [5.74, 6) is 0. The number of H-pyrrole nitrogens is 1. The van der Waals surface area contributed by atoms with Crippen LogP contribution in [0, 0.1) is 0 Å². The number of ether oxygens (including phenoxy) is 1. The zero-order chi connectivity index (χ0) is 16.4. The number of rotatable bonds is 4. The molecule has 3 N–H and O–H groups in total. The second-order valence-corrected chi connectivity index (χ2v) is 5.09. The first-order valence-electron chi connectivity index (χ1n) is 6.48. The molecule has 0 aliphatic carbocycles. The summed E-state index contributed by atoms with van der Waals surface area (Å²) in [4.78, 5) is 14.8. The first kappa shape index (κ1) is 16.2. The number of alkyl halides is 3. The summed E-state index contributed by atoms with van der Waals surface area (Å²) < 4.78 is 43.7. The van der Waals surface area contributed by atoms with E-state index in [0.29, 0.717) is 11.1 Å². The quantitative estimate of drug-likeness (QED) is 0.811. The van der Waals surface area contributed by atoms with Gasteiger partial charge in [-0.15, -0.1) is 0 Å². The lowest BCUT2D eigenvalue weighted by atomic mass is 10.0. The molecule has 1 aromatic carbocycles. The fraction of sp³-hybridized carbons (Fsp3) is 0.357. The number of fused-ring (bicyclic) bond motifs is 1. The number of hydrogen-bond donors (Lipinski definition) is 3. The predicted molar refractivity (Wildman–Crippen MR) is 76.8 cm³/mol. The normalized spacial score (nSPS) is 14.6. The van der Waals surface area contributed by atoms with E-state index in [2.05, 4.69) is 15.0 Å². The van der Waals surface area contributed by atoms with Crippen molar-refractivity contribution in [3.63, 3.8) is 0 Å². The Morgan fingerprint density at radius 2 is 2.00 bits per heavy atom. The molecular formula is C14H16F3N3O2. The minimum atomic E-state index is -4.64. The van der Waals surface area contributed by atoms with Crippen molar-refractivity contribution in [3.8, 4) is 0 Å². The molecule has 0 aliphatic heterocycles. The fourth-order valence-corrected chi connectivity index (χ4v) is 2.06. The number of carbonyl (C=O) groups is 1. The lowest BCUT2D eigenvalue weighted by molar-refractivity contribution is -0.199. The van der Waals surface area contributed by atoms with Crippen molar-refractivity contribution in [2.45, 2.75) is 18.6 Å². The third-order valence-corrected chi connectivity index (χ3v) is 3.29. The number of hydrogen-bond acceptors (Lipinski definition) is 2. The molecule has 8 heteroatoms. The molecule has 2 aromatic rings. The summed E-state index contributed by atoms with van der Waals surface area (Å²) >= 11 is 0. The van der Waals surface area contributed by atoms with Crippen LogP contribution in [0.4, 0.5) is 23.7 Å². The summed E-state index contributed by atoms with van der Waals surface area (Å²) in [7, 11) is 1.14. The van der Waals surface area contributed by atoms with E-state index < -0.39 is 24.4 Å².